The van der Waals surface area contributed by atoms with E-state index in [1.54, 1.807) is 20.8 Å². The van der Waals surface area contributed by atoms with Crippen LogP contribution in [-0.4, -0.2) is 56.1 Å². The predicted molar refractivity (Wildman–Crippen MR) is 70.3 cm³/mol. The fourth-order valence-corrected chi connectivity index (χ4v) is 3.02. The van der Waals surface area contributed by atoms with Gasteiger partial charge in [-0.3, -0.25) is 0 Å². The summed E-state index contributed by atoms with van der Waals surface area (Å²) in [5.74, 6) is 0.187. The van der Waals surface area contributed by atoms with Gasteiger partial charge in [0.2, 0.25) is 0 Å². The molecule has 2 unspecified atom stereocenters. The molecule has 9 heteroatoms. The Labute approximate surface area is 118 Å². The quantitative estimate of drug-likeness (QED) is 0.772. The number of nitrogens with zero attached hydrogens (tertiary/aromatic N) is 1. The van der Waals surface area contributed by atoms with E-state index in [1.165, 1.54) is 0 Å². The van der Waals surface area contributed by atoms with E-state index in [1.807, 2.05) is 4.72 Å². The summed E-state index contributed by atoms with van der Waals surface area (Å²) >= 11 is 5.68. The molecule has 1 fully saturated rings. The highest BCUT2D eigenvalue weighted by Crippen LogP contribution is 2.15. The van der Waals surface area contributed by atoms with Crippen molar-refractivity contribution >= 4 is 27.9 Å². The van der Waals surface area contributed by atoms with Crippen LogP contribution in [0.15, 0.2) is 0 Å². The average Bonchev–Trinajstić information content (AvgIpc) is 2.26. The Bertz CT molecular complexity index is 414. The van der Waals surface area contributed by atoms with Gasteiger partial charge >= 0.3 is 16.3 Å². The van der Waals surface area contributed by atoms with Crippen molar-refractivity contribution in [2.75, 3.05) is 19.0 Å². The van der Waals surface area contributed by atoms with E-state index < -0.39 is 22.4 Å². The molecule has 0 spiro atoms. The van der Waals surface area contributed by atoms with Gasteiger partial charge in [-0.1, -0.05) is 0 Å². The maximum Gasteiger partial charge on any atom is 0.422 e. The molecule has 1 N–H and O–H groups in total. The number of rotatable bonds is 4. The first-order valence-electron chi connectivity index (χ1n) is 5.94. The first-order chi connectivity index (χ1) is 8.74. The Hall–Kier alpha value is -0.570. The van der Waals surface area contributed by atoms with Crippen molar-refractivity contribution in [1.82, 2.24) is 9.03 Å². The van der Waals surface area contributed by atoms with Crippen LogP contribution in [0, 0.1) is 0 Å². The minimum absolute atomic E-state index is 0.109. The van der Waals surface area contributed by atoms with Gasteiger partial charge in [0.1, 0.15) is 0 Å². The van der Waals surface area contributed by atoms with E-state index in [0.717, 1.165) is 4.31 Å². The number of alkyl halides is 1. The van der Waals surface area contributed by atoms with E-state index in [-0.39, 0.29) is 31.2 Å². The molecule has 1 aliphatic heterocycles. The van der Waals surface area contributed by atoms with Gasteiger partial charge in [0.25, 0.3) is 0 Å². The van der Waals surface area contributed by atoms with E-state index in [4.69, 9.17) is 21.1 Å². The lowest BCUT2D eigenvalue weighted by Gasteiger charge is -2.34. The molecule has 1 heterocycles. The lowest BCUT2D eigenvalue weighted by atomic mass is 10.3. The van der Waals surface area contributed by atoms with Crippen molar-refractivity contribution in [3.05, 3.63) is 0 Å². The number of morpholine rings is 1. The highest BCUT2D eigenvalue weighted by molar-refractivity contribution is 7.87. The second-order valence-corrected chi connectivity index (χ2v) is 6.58. The van der Waals surface area contributed by atoms with Gasteiger partial charge in [-0.05, 0) is 20.8 Å². The fraction of sp³-hybridized carbons (Fsp3) is 0.900. The molecule has 0 aliphatic carbocycles. The van der Waals surface area contributed by atoms with Crippen molar-refractivity contribution in [2.45, 2.75) is 39.1 Å². The lowest BCUT2D eigenvalue weighted by Crippen LogP contribution is -2.54. The number of hydrogen-bond donors (Lipinski definition) is 1. The minimum atomic E-state index is -3.93. The molecule has 19 heavy (non-hydrogen) atoms. The van der Waals surface area contributed by atoms with Gasteiger partial charge in [0, 0.05) is 19.0 Å². The number of carbonyl (C=O) groups excluding carboxylic acids is 1. The van der Waals surface area contributed by atoms with Crippen LogP contribution in [-0.2, 0) is 19.7 Å². The zero-order chi connectivity index (χ0) is 14.6. The van der Waals surface area contributed by atoms with Gasteiger partial charge < -0.3 is 9.47 Å². The molecule has 0 radical (unpaired) electrons. The maximum absolute atomic E-state index is 12.0. The molecule has 1 saturated heterocycles. The number of nitrogens with one attached hydrogen (secondary N) is 1. The van der Waals surface area contributed by atoms with Crippen molar-refractivity contribution in [3.8, 4) is 0 Å². The highest BCUT2D eigenvalue weighted by Gasteiger charge is 2.33. The Balaban J connectivity index is 2.68. The van der Waals surface area contributed by atoms with E-state index in [2.05, 4.69) is 0 Å². The molecule has 0 bridgehead atoms. The summed E-state index contributed by atoms with van der Waals surface area (Å²) in [6, 6.07) is 0. The summed E-state index contributed by atoms with van der Waals surface area (Å²) < 4.78 is 37.2. The van der Waals surface area contributed by atoms with Crippen LogP contribution < -0.4 is 4.72 Å². The van der Waals surface area contributed by atoms with Gasteiger partial charge in [-0.15, -0.1) is 11.6 Å². The number of ether oxygens (including phenoxy) is 2. The first-order valence-corrected chi connectivity index (χ1v) is 7.92. The standard InChI is InChI=1S/C10H19ClN2O5S/c1-7(2)17-10(14)12-19(15,16)13-5-8(3)18-9(4-11)6-13/h7-9H,4-6H2,1-3H3,(H,12,14). The summed E-state index contributed by atoms with van der Waals surface area (Å²) in [6.07, 6.45) is -2.05. The number of amides is 1. The van der Waals surface area contributed by atoms with E-state index >= 15 is 0 Å². The van der Waals surface area contributed by atoms with Crippen LogP contribution >= 0.6 is 11.6 Å². The predicted octanol–water partition coefficient (Wildman–Crippen LogP) is 0.694. The van der Waals surface area contributed by atoms with Crippen LogP contribution in [0.5, 0.6) is 0 Å². The molecule has 1 rings (SSSR count). The lowest BCUT2D eigenvalue weighted by molar-refractivity contribution is -0.0426. The largest absolute Gasteiger partial charge is 0.446 e. The molecular formula is C10H19ClN2O5S. The molecular weight excluding hydrogens is 296 g/mol. The van der Waals surface area contributed by atoms with Crippen molar-refractivity contribution in [3.63, 3.8) is 0 Å². The monoisotopic (exact) mass is 314 g/mol. The zero-order valence-corrected chi connectivity index (χ0v) is 12.7. The summed E-state index contributed by atoms with van der Waals surface area (Å²) in [7, 11) is -3.93. The van der Waals surface area contributed by atoms with Crippen LogP contribution in [0.3, 0.4) is 0 Å². The average molecular weight is 315 g/mol. The Morgan fingerprint density at radius 3 is 2.68 bits per heavy atom. The third-order valence-electron chi connectivity index (χ3n) is 2.36. The Kier molecular flexibility index (Phi) is 5.84. The number of hydrogen-bond acceptors (Lipinski definition) is 5. The van der Waals surface area contributed by atoms with Gasteiger partial charge in [-0.2, -0.15) is 12.7 Å². The molecule has 0 aromatic rings. The highest BCUT2D eigenvalue weighted by atomic mass is 35.5. The van der Waals surface area contributed by atoms with E-state index in [0.29, 0.717) is 0 Å². The topological polar surface area (TPSA) is 84.9 Å². The molecule has 1 amide bonds. The molecule has 2 atom stereocenters. The van der Waals surface area contributed by atoms with Gasteiger partial charge in [-0.25, -0.2) is 9.52 Å². The second-order valence-electron chi connectivity index (χ2n) is 4.60. The molecule has 0 saturated carbocycles. The summed E-state index contributed by atoms with van der Waals surface area (Å²) in [4.78, 5) is 11.3. The normalized spacial score (nSPS) is 25.3. The van der Waals surface area contributed by atoms with Crippen LogP contribution in [0.4, 0.5) is 4.79 Å². The summed E-state index contributed by atoms with van der Waals surface area (Å²) in [5.41, 5.74) is 0. The number of halogens is 1. The number of carbonyl (C=O) groups is 1. The van der Waals surface area contributed by atoms with Crippen LogP contribution in [0.25, 0.3) is 0 Å². The fourth-order valence-electron chi connectivity index (χ4n) is 1.69. The van der Waals surface area contributed by atoms with Gasteiger partial charge in [0.05, 0.1) is 18.3 Å². The first kappa shape index (κ1) is 16.5. The summed E-state index contributed by atoms with van der Waals surface area (Å²) in [6.45, 7) is 5.28. The molecule has 0 aromatic carbocycles. The van der Waals surface area contributed by atoms with Gasteiger partial charge in [0.15, 0.2) is 0 Å². The van der Waals surface area contributed by atoms with Crippen molar-refractivity contribution in [2.24, 2.45) is 0 Å². The Morgan fingerprint density at radius 1 is 1.53 bits per heavy atom. The summed E-state index contributed by atoms with van der Waals surface area (Å²) in [5, 5.41) is 0. The second kappa shape index (κ2) is 6.74. The molecule has 1 aliphatic rings. The smallest absolute Gasteiger partial charge is 0.422 e. The van der Waals surface area contributed by atoms with E-state index in [9.17, 15) is 13.2 Å². The van der Waals surface area contributed by atoms with Crippen molar-refractivity contribution < 1.29 is 22.7 Å². The Morgan fingerprint density at radius 2 is 2.16 bits per heavy atom. The third kappa shape index (κ3) is 5.13. The maximum atomic E-state index is 12.0. The van der Waals surface area contributed by atoms with Crippen LogP contribution in [0.2, 0.25) is 0 Å². The minimum Gasteiger partial charge on any atom is -0.446 e. The molecule has 0 aromatic heterocycles. The zero-order valence-electron chi connectivity index (χ0n) is 11.1. The molecule has 112 valence electrons. The molecule has 7 nitrogen and oxygen atoms in total. The third-order valence-corrected chi connectivity index (χ3v) is 4.11. The van der Waals surface area contributed by atoms with Crippen molar-refractivity contribution in [1.29, 1.82) is 0 Å². The SMILES string of the molecule is CC(C)OC(=O)NS(=O)(=O)N1CC(C)OC(CCl)C1. The van der Waals surface area contributed by atoms with Crippen LogP contribution in [0.1, 0.15) is 20.8 Å².